The van der Waals surface area contributed by atoms with E-state index in [-0.39, 0.29) is 4.90 Å². The Morgan fingerprint density at radius 3 is 2.29 bits per heavy atom. The molecule has 2 rings (SSSR count). The largest absolute Gasteiger partial charge is 0.433 e. The Kier molecular flexibility index (Phi) is 3.91. The summed E-state index contributed by atoms with van der Waals surface area (Å²) in [5, 5.41) is 0. The molecule has 0 bridgehead atoms. The fraction of sp³-hybridized carbons (Fsp3) is 0.154. The zero-order chi connectivity index (χ0) is 15.7. The SMILES string of the molecule is Cc1ccc(S(=O)(=O)Oc2ccnc(C(F)(F)F)c2)cc1. The molecule has 8 heteroatoms. The second-order valence-electron chi connectivity index (χ2n) is 4.23. The Balaban J connectivity index is 2.31. The summed E-state index contributed by atoms with van der Waals surface area (Å²) in [4.78, 5) is 2.98. The lowest BCUT2D eigenvalue weighted by atomic mass is 10.2. The van der Waals surface area contributed by atoms with Gasteiger partial charge in [-0.25, -0.2) is 0 Å². The summed E-state index contributed by atoms with van der Waals surface area (Å²) in [6.45, 7) is 1.77. The Bertz CT molecular complexity index is 740. The number of rotatable bonds is 3. The van der Waals surface area contributed by atoms with Crippen LogP contribution in [0.5, 0.6) is 5.75 Å². The van der Waals surface area contributed by atoms with Gasteiger partial charge in [0.1, 0.15) is 16.3 Å². The molecule has 0 atom stereocenters. The van der Waals surface area contributed by atoms with Gasteiger partial charge in [-0.3, -0.25) is 4.98 Å². The van der Waals surface area contributed by atoms with Crippen LogP contribution in [0, 0.1) is 6.92 Å². The molecule has 0 spiro atoms. The van der Waals surface area contributed by atoms with Gasteiger partial charge < -0.3 is 4.18 Å². The Hall–Kier alpha value is -2.09. The van der Waals surface area contributed by atoms with Crippen molar-refractivity contribution in [3.63, 3.8) is 0 Å². The topological polar surface area (TPSA) is 56.3 Å². The van der Waals surface area contributed by atoms with Crippen LogP contribution in [0.1, 0.15) is 11.3 Å². The molecule has 1 heterocycles. The lowest BCUT2D eigenvalue weighted by molar-refractivity contribution is -0.141. The minimum Gasteiger partial charge on any atom is -0.379 e. The van der Waals surface area contributed by atoms with Gasteiger partial charge in [-0.2, -0.15) is 21.6 Å². The molecule has 1 aromatic carbocycles. The third-order valence-corrected chi connectivity index (χ3v) is 3.80. The van der Waals surface area contributed by atoms with E-state index >= 15 is 0 Å². The Morgan fingerprint density at radius 1 is 1.10 bits per heavy atom. The number of halogens is 3. The van der Waals surface area contributed by atoms with Gasteiger partial charge in [0.05, 0.1) is 0 Å². The Labute approximate surface area is 119 Å². The van der Waals surface area contributed by atoms with E-state index in [9.17, 15) is 21.6 Å². The van der Waals surface area contributed by atoms with Crippen LogP contribution in [0.3, 0.4) is 0 Å². The van der Waals surface area contributed by atoms with Crippen LogP contribution in [-0.2, 0) is 16.3 Å². The highest BCUT2D eigenvalue weighted by Gasteiger charge is 2.33. The maximum atomic E-state index is 12.5. The predicted molar refractivity (Wildman–Crippen MR) is 68.2 cm³/mol. The number of hydrogen-bond donors (Lipinski definition) is 0. The molecule has 0 fully saturated rings. The smallest absolute Gasteiger partial charge is 0.379 e. The van der Waals surface area contributed by atoms with Crippen molar-refractivity contribution in [2.45, 2.75) is 18.0 Å². The first-order valence-electron chi connectivity index (χ1n) is 5.73. The molecule has 2 aromatic rings. The first-order valence-corrected chi connectivity index (χ1v) is 7.14. The predicted octanol–water partition coefficient (Wildman–Crippen LogP) is 3.18. The minimum atomic E-state index is -4.67. The van der Waals surface area contributed by atoms with Gasteiger partial charge in [-0.15, -0.1) is 0 Å². The van der Waals surface area contributed by atoms with Crippen LogP contribution in [0.15, 0.2) is 47.5 Å². The van der Waals surface area contributed by atoms with Crippen molar-refractivity contribution in [1.29, 1.82) is 0 Å². The normalized spacial score (nSPS) is 12.2. The van der Waals surface area contributed by atoms with Gasteiger partial charge in [0.2, 0.25) is 0 Å². The highest BCUT2D eigenvalue weighted by Crippen LogP contribution is 2.30. The van der Waals surface area contributed by atoms with Crippen molar-refractivity contribution in [1.82, 2.24) is 4.98 Å². The average molecular weight is 317 g/mol. The second-order valence-corrected chi connectivity index (χ2v) is 5.77. The van der Waals surface area contributed by atoms with Crippen molar-refractivity contribution in [2.24, 2.45) is 0 Å². The quantitative estimate of drug-likeness (QED) is 0.816. The van der Waals surface area contributed by atoms with E-state index < -0.39 is 27.7 Å². The van der Waals surface area contributed by atoms with Gasteiger partial charge in [0, 0.05) is 18.3 Å². The summed E-state index contributed by atoms with van der Waals surface area (Å²) in [6, 6.07) is 7.33. The lowest BCUT2D eigenvalue weighted by Crippen LogP contribution is -2.12. The molecular weight excluding hydrogens is 307 g/mol. The number of pyridine rings is 1. The monoisotopic (exact) mass is 317 g/mol. The fourth-order valence-corrected chi connectivity index (χ4v) is 2.42. The molecule has 0 unspecified atom stereocenters. The molecule has 0 radical (unpaired) electrons. The van der Waals surface area contributed by atoms with Crippen molar-refractivity contribution >= 4 is 10.1 Å². The van der Waals surface area contributed by atoms with Crippen molar-refractivity contribution in [2.75, 3.05) is 0 Å². The molecule has 0 amide bonds. The molecule has 0 aliphatic rings. The number of hydrogen-bond acceptors (Lipinski definition) is 4. The molecular formula is C13H10F3NO3S. The highest BCUT2D eigenvalue weighted by molar-refractivity contribution is 7.87. The number of nitrogens with zero attached hydrogens (tertiary/aromatic N) is 1. The third-order valence-electron chi connectivity index (χ3n) is 2.54. The highest BCUT2D eigenvalue weighted by atomic mass is 32.2. The van der Waals surface area contributed by atoms with E-state index in [0.29, 0.717) is 6.07 Å². The van der Waals surface area contributed by atoms with Crippen molar-refractivity contribution in [3.8, 4) is 5.75 Å². The lowest BCUT2D eigenvalue weighted by Gasteiger charge is -2.09. The van der Waals surface area contributed by atoms with E-state index in [1.807, 2.05) is 0 Å². The standard InChI is InChI=1S/C13H10F3NO3S/c1-9-2-4-11(5-3-9)21(18,19)20-10-6-7-17-12(8-10)13(14,15)16/h2-8H,1H3. The number of aryl methyl sites for hydroxylation is 1. The third kappa shape index (κ3) is 3.72. The van der Waals surface area contributed by atoms with E-state index in [1.54, 1.807) is 19.1 Å². The molecule has 0 N–H and O–H groups in total. The molecule has 1 aromatic heterocycles. The van der Waals surface area contributed by atoms with Crippen LogP contribution in [0.2, 0.25) is 0 Å². The summed E-state index contributed by atoms with van der Waals surface area (Å²) in [6.07, 6.45) is -3.84. The molecule has 0 saturated carbocycles. The van der Waals surface area contributed by atoms with Gasteiger partial charge in [-0.05, 0) is 19.1 Å². The van der Waals surface area contributed by atoms with Gasteiger partial charge in [-0.1, -0.05) is 17.7 Å². The van der Waals surface area contributed by atoms with E-state index in [1.165, 1.54) is 12.1 Å². The second kappa shape index (κ2) is 5.36. The Morgan fingerprint density at radius 2 is 1.71 bits per heavy atom. The maximum Gasteiger partial charge on any atom is 0.433 e. The summed E-state index contributed by atoms with van der Waals surface area (Å²) in [5.41, 5.74) is -0.378. The van der Waals surface area contributed by atoms with Crippen LogP contribution in [0.25, 0.3) is 0 Å². The first-order chi connectivity index (χ1) is 9.68. The summed E-state index contributed by atoms with van der Waals surface area (Å²) < 4.78 is 66.1. The molecule has 0 aliphatic heterocycles. The van der Waals surface area contributed by atoms with Crippen LogP contribution in [-0.4, -0.2) is 13.4 Å². The number of aromatic nitrogens is 1. The molecule has 0 aliphatic carbocycles. The molecule has 4 nitrogen and oxygen atoms in total. The molecule has 21 heavy (non-hydrogen) atoms. The fourth-order valence-electron chi connectivity index (χ4n) is 1.50. The number of benzene rings is 1. The van der Waals surface area contributed by atoms with E-state index in [2.05, 4.69) is 4.98 Å². The van der Waals surface area contributed by atoms with Crippen LogP contribution in [0.4, 0.5) is 13.2 Å². The summed E-state index contributed by atoms with van der Waals surface area (Å²) in [7, 11) is -4.19. The minimum absolute atomic E-state index is 0.140. The zero-order valence-electron chi connectivity index (χ0n) is 10.8. The van der Waals surface area contributed by atoms with Gasteiger partial charge >= 0.3 is 16.3 Å². The maximum absolute atomic E-state index is 12.5. The molecule has 112 valence electrons. The van der Waals surface area contributed by atoms with Gasteiger partial charge in [0.25, 0.3) is 0 Å². The van der Waals surface area contributed by atoms with Crippen molar-refractivity contribution < 1.29 is 25.8 Å². The van der Waals surface area contributed by atoms with Crippen LogP contribution < -0.4 is 4.18 Å². The van der Waals surface area contributed by atoms with Crippen molar-refractivity contribution in [3.05, 3.63) is 53.9 Å². The van der Waals surface area contributed by atoms with E-state index in [4.69, 9.17) is 4.18 Å². The first kappa shape index (κ1) is 15.3. The van der Waals surface area contributed by atoms with E-state index in [0.717, 1.165) is 17.8 Å². The van der Waals surface area contributed by atoms with Gasteiger partial charge in [0.15, 0.2) is 0 Å². The average Bonchev–Trinajstić information content (AvgIpc) is 2.38. The number of alkyl halides is 3. The zero-order valence-corrected chi connectivity index (χ0v) is 11.6. The van der Waals surface area contributed by atoms with Crippen LogP contribution >= 0.6 is 0 Å². The molecule has 0 saturated heterocycles. The summed E-state index contributed by atoms with van der Waals surface area (Å²) in [5.74, 6) is -0.446. The summed E-state index contributed by atoms with van der Waals surface area (Å²) >= 11 is 0.